The minimum Gasteiger partial charge on any atom is -0.295 e. The van der Waals surface area contributed by atoms with Gasteiger partial charge in [0.1, 0.15) is 5.82 Å². The van der Waals surface area contributed by atoms with Gasteiger partial charge in [-0.1, -0.05) is 26.8 Å². The van der Waals surface area contributed by atoms with E-state index >= 15 is 0 Å². The van der Waals surface area contributed by atoms with E-state index in [1.54, 1.807) is 12.1 Å². The zero-order valence-corrected chi connectivity index (χ0v) is 10.2. The van der Waals surface area contributed by atoms with Gasteiger partial charge in [0.2, 0.25) is 0 Å². The molecule has 0 heterocycles. The summed E-state index contributed by atoms with van der Waals surface area (Å²) in [5, 5.41) is 0. The summed E-state index contributed by atoms with van der Waals surface area (Å²) in [6.45, 7) is 7.51. The topological polar surface area (TPSA) is 17.1 Å². The van der Waals surface area contributed by atoms with Crippen LogP contribution in [-0.4, -0.2) is 10.5 Å². The maximum absolute atomic E-state index is 13.6. The van der Waals surface area contributed by atoms with Crippen molar-refractivity contribution in [1.29, 1.82) is 0 Å². The van der Waals surface area contributed by atoms with Crippen molar-refractivity contribution in [2.45, 2.75) is 37.3 Å². The Morgan fingerprint density at radius 3 is 2.33 bits per heavy atom. The van der Waals surface area contributed by atoms with Gasteiger partial charge in [-0.3, -0.25) is 4.79 Å². The van der Waals surface area contributed by atoms with E-state index in [0.717, 1.165) is 0 Å². The summed E-state index contributed by atoms with van der Waals surface area (Å²) in [5.74, 6) is -0.427. The van der Waals surface area contributed by atoms with Crippen LogP contribution in [0.4, 0.5) is 4.39 Å². The van der Waals surface area contributed by atoms with Gasteiger partial charge >= 0.3 is 0 Å². The number of hydrogen-bond acceptors (Lipinski definition) is 2. The summed E-state index contributed by atoms with van der Waals surface area (Å²) in [6.07, 6.45) is 0. The number of thioether (sulfide) groups is 1. The monoisotopic (exact) mass is 226 g/mol. The van der Waals surface area contributed by atoms with Crippen molar-refractivity contribution >= 4 is 17.5 Å². The Morgan fingerprint density at radius 2 is 1.93 bits per heavy atom. The number of carbonyl (C=O) groups is 1. The second kappa shape index (κ2) is 4.35. The molecule has 0 fully saturated rings. The first-order chi connectivity index (χ1) is 6.79. The van der Waals surface area contributed by atoms with Gasteiger partial charge in [0.25, 0.3) is 0 Å². The maximum atomic E-state index is 13.6. The molecule has 1 aromatic rings. The smallest absolute Gasteiger partial charge is 0.159 e. The van der Waals surface area contributed by atoms with Crippen LogP contribution in [0.2, 0.25) is 0 Å². The molecular formula is C12H15FOS. The molecule has 15 heavy (non-hydrogen) atoms. The van der Waals surface area contributed by atoms with Gasteiger partial charge in [0.15, 0.2) is 5.78 Å². The average Bonchev–Trinajstić information content (AvgIpc) is 2.05. The van der Waals surface area contributed by atoms with Gasteiger partial charge in [-0.2, -0.15) is 0 Å². The van der Waals surface area contributed by atoms with Crippen molar-refractivity contribution in [3.8, 4) is 0 Å². The normalized spacial score (nSPS) is 11.5. The van der Waals surface area contributed by atoms with E-state index in [1.807, 2.05) is 20.8 Å². The van der Waals surface area contributed by atoms with E-state index in [1.165, 1.54) is 24.8 Å². The Kier molecular flexibility index (Phi) is 3.55. The zero-order chi connectivity index (χ0) is 11.6. The molecule has 3 heteroatoms. The number of hydrogen-bond donors (Lipinski definition) is 0. The standard InChI is InChI=1S/C12H15FOS/c1-8(14)9-5-6-11(10(13)7-9)15-12(2,3)4/h5-7H,1-4H3. The maximum Gasteiger partial charge on any atom is 0.159 e. The van der Waals surface area contributed by atoms with Gasteiger partial charge in [0, 0.05) is 15.2 Å². The first kappa shape index (κ1) is 12.2. The fraction of sp³-hybridized carbons (Fsp3) is 0.417. The molecule has 0 aromatic heterocycles. The van der Waals surface area contributed by atoms with Crippen LogP contribution in [0.25, 0.3) is 0 Å². The van der Waals surface area contributed by atoms with Crippen molar-refractivity contribution in [3.05, 3.63) is 29.6 Å². The zero-order valence-electron chi connectivity index (χ0n) is 9.43. The SMILES string of the molecule is CC(=O)c1ccc(SC(C)(C)C)c(F)c1. The van der Waals surface area contributed by atoms with Crippen LogP contribution in [0.3, 0.4) is 0 Å². The Hall–Kier alpha value is -0.830. The number of benzene rings is 1. The molecule has 0 saturated heterocycles. The number of halogens is 1. The van der Waals surface area contributed by atoms with E-state index in [2.05, 4.69) is 0 Å². The molecule has 0 saturated carbocycles. The molecule has 0 unspecified atom stereocenters. The molecule has 0 aliphatic heterocycles. The highest BCUT2D eigenvalue weighted by molar-refractivity contribution is 8.00. The van der Waals surface area contributed by atoms with Crippen molar-refractivity contribution in [3.63, 3.8) is 0 Å². The lowest BCUT2D eigenvalue weighted by atomic mass is 10.1. The number of carbonyl (C=O) groups excluding carboxylic acids is 1. The van der Waals surface area contributed by atoms with Crippen LogP contribution in [0.1, 0.15) is 38.1 Å². The Bertz CT molecular complexity index is 380. The van der Waals surface area contributed by atoms with E-state index < -0.39 is 0 Å². The third-order valence-corrected chi connectivity index (χ3v) is 2.92. The Balaban J connectivity index is 2.99. The lowest BCUT2D eigenvalue weighted by Crippen LogP contribution is -2.07. The van der Waals surface area contributed by atoms with Crippen LogP contribution in [-0.2, 0) is 0 Å². The molecule has 0 aliphatic rings. The van der Waals surface area contributed by atoms with Crippen molar-refractivity contribution in [2.24, 2.45) is 0 Å². The van der Waals surface area contributed by atoms with E-state index in [9.17, 15) is 9.18 Å². The molecular weight excluding hydrogens is 211 g/mol. The minimum absolute atomic E-state index is 0.0292. The first-order valence-corrected chi connectivity index (χ1v) is 5.61. The van der Waals surface area contributed by atoms with E-state index in [4.69, 9.17) is 0 Å². The predicted molar refractivity (Wildman–Crippen MR) is 62.0 cm³/mol. The quantitative estimate of drug-likeness (QED) is 0.561. The third kappa shape index (κ3) is 3.67. The van der Waals surface area contributed by atoms with Crippen LogP contribution >= 0.6 is 11.8 Å². The molecule has 0 N–H and O–H groups in total. The summed E-state index contributed by atoms with van der Waals surface area (Å²) >= 11 is 1.46. The lowest BCUT2D eigenvalue weighted by molar-refractivity contribution is 0.101. The van der Waals surface area contributed by atoms with Gasteiger partial charge in [0.05, 0.1) is 0 Å². The molecule has 0 spiro atoms. The van der Waals surface area contributed by atoms with Crippen LogP contribution in [0.5, 0.6) is 0 Å². The van der Waals surface area contributed by atoms with Crippen molar-refractivity contribution in [2.75, 3.05) is 0 Å². The van der Waals surface area contributed by atoms with Crippen LogP contribution in [0.15, 0.2) is 23.1 Å². The van der Waals surface area contributed by atoms with Crippen LogP contribution in [0, 0.1) is 5.82 Å². The second-order valence-corrected chi connectivity index (χ2v) is 6.28. The van der Waals surface area contributed by atoms with Crippen molar-refractivity contribution < 1.29 is 9.18 Å². The molecule has 1 nitrogen and oxygen atoms in total. The van der Waals surface area contributed by atoms with Gasteiger partial charge < -0.3 is 0 Å². The minimum atomic E-state index is -0.317. The lowest BCUT2D eigenvalue weighted by Gasteiger charge is -2.17. The third-order valence-electron chi connectivity index (χ3n) is 1.75. The highest BCUT2D eigenvalue weighted by Crippen LogP contribution is 2.33. The Labute approximate surface area is 94.1 Å². The molecule has 0 atom stereocenters. The van der Waals surface area contributed by atoms with Crippen LogP contribution < -0.4 is 0 Å². The number of rotatable bonds is 2. The molecule has 1 aromatic carbocycles. The molecule has 82 valence electrons. The summed E-state index contributed by atoms with van der Waals surface area (Å²) in [4.78, 5) is 11.6. The molecule has 0 bridgehead atoms. The van der Waals surface area contributed by atoms with Gasteiger partial charge in [-0.25, -0.2) is 4.39 Å². The van der Waals surface area contributed by atoms with E-state index in [0.29, 0.717) is 10.5 Å². The Morgan fingerprint density at radius 1 is 1.33 bits per heavy atom. The largest absolute Gasteiger partial charge is 0.295 e. The second-order valence-electron chi connectivity index (χ2n) is 4.42. The first-order valence-electron chi connectivity index (χ1n) is 4.79. The molecule has 0 amide bonds. The molecule has 0 radical (unpaired) electrons. The summed E-state index contributed by atoms with van der Waals surface area (Å²) < 4.78 is 13.5. The summed E-state index contributed by atoms with van der Waals surface area (Å²) in [6, 6.07) is 4.64. The van der Waals surface area contributed by atoms with Gasteiger partial charge in [-0.05, 0) is 19.1 Å². The van der Waals surface area contributed by atoms with E-state index in [-0.39, 0.29) is 16.3 Å². The number of Topliss-reactive ketones (excluding diaryl/α,β-unsaturated/α-hetero) is 1. The molecule has 1 rings (SSSR count). The molecule has 0 aliphatic carbocycles. The highest BCUT2D eigenvalue weighted by Gasteiger charge is 2.15. The van der Waals surface area contributed by atoms with Crippen molar-refractivity contribution in [1.82, 2.24) is 0 Å². The predicted octanol–water partition coefficient (Wildman–Crippen LogP) is 3.92. The fourth-order valence-corrected chi connectivity index (χ4v) is 2.08. The summed E-state index contributed by atoms with van der Waals surface area (Å²) in [5.41, 5.74) is 0.422. The average molecular weight is 226 g/mol. The number of ketones is 1. The van der Waals surface area contributed by atoms with Gasteiger partial charge in [-0.15, -0.1) is 11.8 Å². The summed E-state index contributed by atoms with van der Waals surface area (Å²) in [7, 11) is 0. The highest BCUT2D eigenvalue weighted by atomic mass is 32.2. The fourth-order valence-electron chi connectivity index (χ4n) is 1.13.